The molecule has 4 aromatic carbocycles. The maximum Gasteiger partial charge on any atom is 0.240 e. The minimum Gasteiger partial charge on any atom is -0.211 e. The number of nitrogens with zero attached hydrogens (tertiary/aromatic N) is 6. The fourth-order valence-corrected chi connectivity index (χ4v) is 3.16. The smallest absolute Gasteiger partial charge is 0.211 e. The first kappa shape index (κ1) is 36.2. The fraction of sp³-hybridized carbons (Fsp3) is 0.0909. The molecular weight excluding hydrogens is 576 g/mol. The maximum atomic E-state index is 10.1. The third kappa shape index (κ3) is 15.7. The maximum absolute atomic E-state index is 10.1. The van der Waals surface area contributed by atoms with Crippen LogP contribution in [0.2, 0.25) is 0 Å². The molecule has 0 aliphatic rings. The van der Waals surface area contributed by atoms with Crippen LogP contribution in [0.15, 0.2) is 127 Å². The van der Waals surface area contributed by atoms with Gasteiger partial charge in [0.2, 0.25) is 36.5 Å². The van der Waals surface area contributed by atoms with Gasteiger partial charge in [-0.25, -0.2) is 33.8 Å². The summed E-state index contributed by atoms with van der Waals surface area (Å²) in [6.45, 7) is 1.90. The number of hydrogen-bond donors (Lipinski definition) is 0. The van der Waals surface area contributed by atoms with E-state index in [-0.39, 0.29) is 0 Å². The number of hydrogen-bond acceptors (Lipinski definition) is 12. The standard InChI is InChI=1S/C15H10N2O2.C8H4N2O2.C8H7NO.C2H3NO/c18-10-16-14-5-1-12(2-6-14)9-13-3-7-15(8-4-13)17-11-19;11-5-9-7-1-2-8(4-3-7)10-6-12;1-7-4-2-3-5-8(7)9-6-10;1-3-2-4/h1-8H,9H2;1-4H;2-5H,1H3;1H3. The zero-order chi connectivity index (χ0) is 33.1. The van der Waals surface area contributed by atoms with Gasteiger partial charge in [0.25, 0.3) is 0 Å². The number of isocyanates is 6. The Labute approximate surface area is 257 Å². The number of para-hydroxylation sites is 1. The summed E-state index contributed by atoms with van der Waals surface area (Å²) in [5.74, 6) is 0. The van der Waals surface area contributed by atoms with E-state index < -0.39 is 0 Å². The Morgan fingerprint density at radius 1 is 0.444 bits per heavy atom. The highest BCUT2D eigenvalue weighted by Crippen LogP contribution is 2.19. The molecule has 0 aliphatic carbocycles. The molecule has 0 spiro atoms. The molecule has 222 valence electrons. The molecule has 0 N–H and O–H groups in total. The molecule has 0 saturated carbocycles. The van der Waals surface area contributed by atoms with E-state index in [4.69, 9.17) is 4.79 Å². The van der Waals surface area contributed by atoms with Gasteiger partial charge in [0.05, 0.1) is 28.4 Å². The SMILES string of the molecule is CN=C=O.Cc1ccccc1N=C=O.O=C=Nc1ccc(Cc2ccc(N=C=O)cc2)cc1.O=C=Nc1ccc(N=C=O)cc1. The van der Waals surface area contributed by atoms with Crippen molar-refractivity contribution in [3.8, 4) is 0 Å². The lowest BCUT2D eigenvalue weighted by Gasteiger charge is -2.02. The first-order chi connectivity index (χ1) is 21.9. The van der Waals surface area contributed by atoms with Crippen LogP contribution in [0.4, 0.5) is 28.4 Å². The second-order valence-electron chi connectivity index (χ2n) is 8.14. The first-order valence-electron chi connectivity index (χ1n) is 12.6. The molecule has 0 unspecified atom stereocenters. The third-order valence-electron chi connectivity index (χ3n) is 5.20. The lowest BCUT2D eigenvalue weighted by Crippen LogP contribution is -1.86. The van der Waals surface area contributed by atoms with Crippen LogP contribution in [0, 0.1) is 6.92 Å². The Kier molecular flexibility index (Phi) is 18.3. The minimum atomic E-state index is 0.481. The molecule has 0 atom stereocenters. The normalized spacial score (nSPS) is 8.31. The second-order valence-corrected chi connectivity index (χ2v) is 8.14. The third-order valence-corrected chi connectivity index (χ3v) is 5.20. The molecule has 0 bridgehead atoms. The highest BCUT2D eigenvalue weighted by atomic mass is 16.1. The van der Waals surface area contributed by atoms with E-state index in [0.717, 1.165) is 23.1 Å². The van der Waals surface area contributed by atoms with Crippen molar-refractivity contribution in [1.29, 1.82) is 0 Å². The summed E-state index contributed by atoms with van der Waals surface area (Å²) in [5, 5.41) is 0. The van der Waals surface area contributed by atoms with Gasteiger partial charge in [-0.3, -0.25) is 0 Å². The van der Waals surface area contributed by atoms with Crippen LogP contribution < -0.4 is 0 Å². The largest absolute Gasteiger partial charge is 0.240 e. The summed E-state index contributed by atoms with van der Waals surface area (Å²) >= 11 is 0. The first-order valence-corrected chi connectivity index (χ1v) is 12.6. The molecule has 12 nitrogen and oxygen atoms in total. The van der Waals surface area contributed by atoms with Crippen molar-refractivity contribution in [2.24, 2.45) is 30.0 Å². The highest BCUT2D eigenvalue weighted by molar-refractivity contribution is 5.56. The second kappa shape index (κ2) is 22.8. The molecule has 4 rings (SSSR count). The number of rotatable bonds is 7. The van der Waals surface area contributed by atoms with Gasteiger partial charge in [0, 0.05) is 7.05 Å². The van der Waals surface area contributed by atoms with E-state index in [2.05, 4.69) is 30.0 Å². The fourth-order valence-electron chi connectivity index (χ4n) is 3.16. The summed E-state index contributed by atoms with van der Waals surface area (Å²) in [7, 11) is 1.38. The summed E-state index contributed by atoms with van der Waals surface area (Å²) in [6.07, 6.45) is 9.38. The predicted octanol–water partition coefficient (Wildman–Crippen LogP) is 6.75. The van der Waals surface area contributed by atoms with Crippen molar-refractivity contribution in [3.05, 3.63) is 114 Å². The van der Waals surface area contributed by atoms with Gasteiger partial charge >= 0.3 is 0 Å². The van der Waals surface area contributed by atoms with Gasteiger partial charge in [-0.05, 0) is 84.6 Å². The van der Waals surface area contributed by atoms with E-state index in [0.29, 0.717) is 28.4 Å². The molecule has 4 aromatic rings. The number of carbonyl (C=O) groups excluding carboxylic acids is 6. The van der Waals surface area contributed by atoms with Gasteiger partial charge in [-0.15, -0.1) is 0 Å². The van der Waals surface area contributed by atoms with Gasteiger partial charge in [0.15, 0.2) is 0 Å². The van der Waals surface area contributed by atoms with E-state index >= 15 is 0 Å². The molecular formula is C33H24N6O6. The van der Waals surface area contributed by atoms with Crippen molar-refractivity contribution in [3.63, 3.8) is 0 Å². The Hall–Kier alpha value is -6.84. The van der Waals surface area contributed by atoms with Gasteiger partial charge < -0.3 is 0 Å². The average Bonchev–Trinajstić information content (AvgIpc) is 3.06. The van der Waals surface area contributed by atoms with Crippen LogP contribution in [0.5, 0.6) is 0 Å². The van der Waals surface area contributed by atoms with E-state index in [1.54, 1.807) is 54.6 Å². The highest BCUT2D eigenvalue weighted by Gasteiger charge is 1.98. The van der Waals surface area contributed by atoms with Crippen molar-refractivity contribution >= 4 is 64.9 Å². The van der Waals surface area contributed by atoms with Crippen LogP contribution in [-0.4, -0.2) is 43.5 Å². The Bertz CT molecular complexity index is 1700. The van der Waals surface area contributed by atoms with E-state index in [9.17, 15) is 24.0 Å². The monoisotopic (exact) mass is 600 g/mol. The number of aryl methyl sites for hydroxylation is 1. The lowest BCUT2D eigenvalue weighted by atomic mass is 10.0. The molecule has 12 heteroatoms. The average molecular weight is 601 g/mol. The summed E-state index contributed by atoms with van der Waals surface area (Å²) in [5.41, 5.74) is 6.05. The number of aliphatic imine (C=N–C) groups is 6. The Morgan fingerprint density at radius 3 is 1.04 bits per heavy atom. The topological polar surface area (TPSA) is 177 Å². The van der Waals surface area contributed by atoms with Gasteiger partial charge in [-0.2, -0.15) is 25.0 Å². The summed E-state index contributed by atoms with van der Waals surface area (Å²) in [6, 6.07) is 28.4. The summed E-state index contributed by atoms with van der Waals surface area (Å²) in [4.78, 5) is 78.8. The molecule has 45 heavy (non-hydrogen) atoms. The molecule has 0 heterocycles. The Morgan fingerprint density at radius 2 is 0.756 bits per heavy atom. The van der Waals surface area contributed by atoms with Gasteiger partial charge in [-0.1, -0.05) is 42.5 Å². The zero-order valence-corrected chi connectivity index (χ0v) is 24.1. The minimum absolute atomic E-state index is 0.481. The molecule has 0 aliphatic heterocycles. The van der Waals surface area contributed by atoms with E-state index in [1.807, 2.05) is 49.4 Å². The zero-order valence-electron chi connectivity index (χ0n) is 24.1. The molecule has 0 saturated heterocycles. The Balaban J connectivity index is 0.000000336. The molecule has 0 radical (unpaired) electrons. The van der Waals surface area contributed by atoms with Crippen LogP contribution in [-0.2, 0) is 35.2 Å². The molecule has 0 amide bonds. The van der Waals surface area contributed by atoms with Crippen molar-refractivity contribution in [2.75, 3.05) is 7.05 Å². The number of benzene rings is 4. The molecule has 0 aromatic heterocycles. The van der Waals surface area contributed by atoms with Crippen LogP contribution in [0.3, 0.4) is 0 Å². The van der Waals surface area contributed by atoms with Crippen molar-refractivity contribution in [1.82, 2.24) is 0 Å². The summed E-state index contributed by atoms with van der Waals surface area (Å²) < 4.78 is 0. The van der Waals surface area contributed by atoms with E-state index in [1.165, 1.54) is 43.5 Å². The predicted molar refractivity (Wildman–Crippen MR) is 166 cm³/mol. The van der Waals surface area contributed by atoms with Crippen LogP contribution >= 0.6 is 0 Å². The van der Waals surface area contributed by atoms with Gasteiger partial charge in [0.1, 0.15) is 0 Å². The van der Waals surface area contributed by atoms with Crippen LogP contribution in [0.25, 0.3) is 0 Å². The van der Waals surface area contributed by atoms with Crippen molar-refractivity contribution in [2.45, 2.75) is 13.3 Å². The van der Waals surface area contributed by atoms with Crippen molar-refractivity contribution < 1.29 is 28.8 Å². The molecule has 0 fully saturated rings. The van der Waals surface area contributed by atoms with Crippen LogP contribution in [0.1, 0.15) is 16.7 Å². The lowest BCUT2D eigenvalue weighted by molar-refractivity contribution is 0.564. The quantitative estimate of drug-likeness (QED) is 0.167.